The summed E-state index contributed by atoms with van der Waals surface area (Å²) < 4.78 is 5.15. The number of halogens is 1. The lowest BCUT2D eigenvalue weighted by Gasteiger charge is -2.26. The number of hydrogen-bond acceptors (Lipinski definition) is 5. The van der Waals surface area contributed by atoms with Crippen molar-refractivity contribution in [2.45, 2.75) is 13.0 Å². The van der Waals surface area contributed by atoms with Crippen molar-refractivity contribution >= 4 is 28.9 Å². The fourth-order valence-corrected chi connectivity index (χ4v) is 3.32. The number of ether oxygens (including phenoxy) is 1. The molecule has 0 atom stereocenters. The average molecular weight is 376 g/mol. The normalized spacial score (nSPS) is 13.8. The molecule has 0 aromatic heterocycles. The third-order valence-corrected chi connectivity index (χ3v) is 4.72. The fourth-order valence-electron chi connectivity index (χ4n) is 3.09. The van der Waals surface area contributed by atoms with Gasteiger partial charge in [-0.3, -0.25) is 14.9 Å². The van der Waals surface area contributed by atoms with Gasteiger partial charge in [-0.1, -0.05) is 23.7 Å². The maximum absolute atomic E-state index is 12.7. The zero-order valence-electron chi connectivity index (χ0n) is 14.4. The van der Waals surface area contributed by atoms with Crippen LogP contribution in [0.15, 0.2) is 30.3 Å². The number of amides is 1. The topological polar surface area (TPSA) is 84.7 Å². The Morgan fingerprint density at radius 3 is 2.85 bits per heavy atom. The summed E-state index contributed by atoms with van der Waals surface area (Å²) >= 11 is 5.95. The monoisotopic (exact) mass is 375 g/mol. The first kappa shape index (κ1) is 18.2. The number of nitro benzene ring substituents is 1. The fraction of sp³-hybridized carbons (Fsp3) is 0.278. The molecule has 1 N–H and O–H groups in total. The van der Waals surface area contributed by atoms with Crippen molar-refractivity contribution in [3.63, 3.8) is 0 Å². The molecule has 1 aliphatic rings. The predicted molar refractivity (Wildman–Crippen MR) is 99.1 cm³/mol. The summed E-state index contributed by atoms with van der Waals surface area (Å²) in [5.41, 5.74) is 2.85. The number of likely N-dealkylation sites (N-methyl/N-ethyl adjacent to an activating group) is 1. The van der Waals surface area contributed by atoms with Crippen LogP contribution < -0.4 is 10.1 Å². The van der Waals surface area contributed by atoms with Gasteiger partial charge in [-0.2, -0.15) is 0 Å². The lowest BCUT2D eigenvalue weighted by atomic mass is 9.98. The Hall–Kier alpha value is -2.64. The molecule has 26 heavy (non-hydrogen) atoms. The van der Waals surface area contributed by atoms with Crippen molar-refractivity contribution in [3.8, 4) is 5.75 Å². The number of benzene rings is 2. The number of carbonyl (C=O) groups is 1. The summed E-state index contributed by atoms with van der Waals surface area (Å²) in [6.07, 6.45) is 0.834. The number of nitrogens with one attached hydrogen (secondary N) is 1. The summed E-state index contributed by atoms with van der Waals surface area (Å²) in [5.74, 6) is -0.325. The maximum Gasteiger partial charge on any atom is 0.291 e. The van der Waals surface area contributed by atoms with Crippen LogP contribution in [0.5, 0.6) is 5.75 Å². The quantitative estimate of drug-likeness (QED) is 0.653. The van der Waals surface area contributed by atoms with Gasteiger partial charge < -0.3 is 15.0 Å². The second-order valence-electron chi connectivity index (χ2n) is 6.15. The lowest BCUT2D eigenvalue weighted by molar-refractivity contribution is -0.384. The Bertz CT molecular complexity index is 885. The second kappa shape index (κ2) is 7.31. The first-order valence-corrected chi connectivity index (χ1v) is 8.41. The van der Waals surface area contributed by atoms with Crippen molar-refractivity contribution in [2.24, 2.45) is 0 Å². The number of anilines is 1. The highest BCUT2D eigenvalue weighted by atomic mass is 35.5. The van der Waals surface area contributed by atoms with Crippen molar-refractivity contribution in [2.75, 3.05) is 26.0 Å². The Balaban J connectivity index is 1.93. The third kappa shape index (κ3) is 3.49. The molecule has 2 aromatic carbocycles. The van der Waals surface area contributed by atoms with Gasteiger partial charge in [-0.25, -0.2) is 0 Å². The van der Waals surface area contributed by atoms with E-state index in [4.69, 9.17) is 16.3 Å². The van der Waals surface area contributed by atoms with Crippen LogP contribution >= 0.6 is 11.6 Å². The number of nitro groups is 1. The van der Waals surface area contributed by atoms with E-state index in [9.17, 15) is 14.9 Å². The molecule has 0 saturated heterocycles. The van der Waals surface area contributed by atoms with Crippen LogP contribution in [0.25, 0.3) is 0 Å². The van der Waals surface area contributed by atoms with Crippen LogP contribution in [-0.4, -0.2) is 36.4 Å². The van der Waals surface area contributed by atoms with Gasteiger partial charge >= 0.3 is 0 Å². The van der Waals surface area contributed by atoms with Crippen molar-refractivity contribution in [3.05, 3.63) is 62.2 Å². The molecule has 0 radical (unpaired) electrons. The molecule has 0 bridgehead atoms. The molecule has 0 spiro atoms. The number of fused-ring (bicyclic) bond motifs is 1. The molecule has 0 fully saturated rings. The van der Waals surface area contributed by atoms with Gasteiger partial charge in [0, 0.05) is 18.8 Å². The molecule has 8 heteroatoms. The maximum atomic E-state index is 12.7. The van der Waals surface area contributed by atoms with Crippen LogP contribution in [0.1, 0.15) is 21.5 Å². The highest BCUT2D eigenvalue weighted by Gasteiger charge is 2.23. The van der Waals surface area contributed by atoms with E-state index in [1.807, 2.05) is 18.2 Å². The van der Waals surface area contributed by atoms with Crippen LogP contribution in [0.4, 0.5) is 11.4 Å². The lowest BCUT2D eigenvalue weighted by Crippen LogP contribution is -2.27. The van der Waals surface area contributed by atoms with Crippen molar-refractivity contribution < 1.29 is 14.5 Å². The molecule has 136 valence electrons. The van der Waals surface area contributed by atoms with E-state index >= 15 is 0 Å². The molecule has 1 heterocycles. The molecule has 2 aromatic rings. The van der Waals surface area contributed by atoms with E-state index in [0.29, 0.717) is 0 Å². The largest absolute Gasteiger partial charge is 0.496 e. The summed E-state index contributed by atoms with van der Waals surface area (Å²) in [6, 6.07) is 8.21. The molecule has 0 unspecified atom stereocenters. The van der Waals surface area contributed by atoms with E-state index in [-0.39, 0.29) is 22.0 Å². The van der Waals surface area contributed by atoms with Gasteiger partial charge in [0.05, 0.1) is 23.7 Å². The summed E-state index contributed by atoms with van der Waals surface area (Å²) in [5, 5.41) is 13.8. The molecule has 3 rings (SSSR count). The molecule has 0 aliphatic carbocycles. The number of rotatable bonds is 4. The Labute approximate surface area is 155 Å². The standard InChI is InChI=1S/C18H18ClN3O4/c1-21-7-6-12-11(10-21)4-3-5-15(12)20-18(23)13-8-14(19)16(22(24)25)9-17(13)26-2/h3-5,8-9H,6-7,10H2,1-2H3,(H,20,23). The Morgan fingerprint density at radius 2 is 2.15 bits per heavy atom. The van der Waals surface area contributed by atoms with Gasteiger partial charge in [-0.05, 0) is 36.7 Å². The Kier molecular flexibility index (Phi) is 5.11. The van der Waals surface area contributed by atoms with Crippen molar-refractivity contribution in [1.29, 1.82) is 0 Å². The number of methoxy groups -OCH3 is 1. The smallest absolute Gasteiger partial charge is 0.291 e. The van der Waals surface area contributed by atoms with Crippen molar-refractivity contribution in [1.82, 2.24) is 4.90 Å². The van der Waals surface area contributed by atoms with Crippen LogP contribution in [0, 0.1) is 10.1 Å². The Morgan fingerprint density at radius 1 is 1.38 bits per heavy atom. The van der Waals surface area contributed by atoms with Crippen LogP contribution in [0.3, 0.4) is 0 Å². The van der Waals surface area contributed by atoms with E-state index < -0.39 is 10.8 Å². The molecule has 1 amide bonds. The number of hydrogen-bond donors (Lipinski definition) is 1. The number of carbonyl (C=O) groups excluding carboxylic acids is 1. The molecular formula is C18H18ClN3O4. The van der Waals surface area contributed by atoms with Crippen LogP contribution in [0.2, 0.25) is 5.02 Å². The molecule has 7 nitrogen and oxygen atoms in total. The zero-order chi connectivity index (χ0) is 18.8. The molecule has 0 saturated carbocycles. The van der Waals surface area contributed by atoms with E-state index in [1.165, 1.54) is 18.7 Å². The first-order chi connectivity index (χ1) is 12.4. The van der Waals surface area contributed by atoms with Gasteiger partial charge in [0.25, 0.3) is 11.6 Å². The highest BCUT2D eigenvalue weighted by Crippen LogP contribution is 2.33. The summed E-state index contributed by atoms with van der Waals surface area (Å²) in [6.45, 7) is 1.73. The summed E-state index contributed by atoms with van der Waals surface area (Å²) in [7, 11) is 3.40. The second-order valence-corrected chi connectivity index (χ2v) is 6.55. The van der Waals surface area contributed by atoms with E-state index in [1.54, 1.807) is 0 Å². The number of nitrogens with zero attached hydrogens (tertiary/aromatic N) is 2. The zero-order valence-corrected chi connectivity index (χ0v) is 15.2. The van der Waals surface area contributed by atoms with Gasteiger partial charge in [-0.15, -0.1) is 0 Å². The first-order valence-electron chi connectivity index (χ1n) is 8.03. The summed E-state index contributed by atoms with van der Waals surface area (Å²) in [4.78, 5) is 25.4. The molecule has 1 aliphatic heterocycles. The minimum atomic E-state index is -0.614. The SMILES string of the molecule is COc1cc([N+](=O)[O-])c(Cl)cc1C(=O)Nc1cccc2c1CCN(C)C2. The van der Waals surface area contributed by atoms with Gasteiger partial charge in [0.1, 0.15) is 10.8 Å². The minimum absolute atomic E-state index is 0.100. The van der Waals surface area contributed by atoms with Gasteiger partial charge in [0.2, 0.25) is 0 Å². The molecular weight excluding hydrogens is 358 g/mol. The van der Waals surface area contributed by atoms with Gasteiger partial charge in [0.15, 0.2) is 0 Å². The average Bonchev–Trinajstić information content (AvgIpc) is 2.61. The van der Waals surface area contributed by atoms with Crippen LogP contribution in [-0.2, 0) is 13.0 Å². The minimum Gasteiger partial charge on any atom is -0.496 e. The predicted octanol–water partition coefficient (Wildman–Crippen LogP) is 3.50. The van der Waals surface area contributed by atoms with E-state index in [2.05, 4.69) is 17.3 Å². The highest BCUT2D eigenvalue weighted by molar-refractivity contribution is 6.33. The van der Waals surface area contributed by atoms with E-state index in [0.717, 1.165) is 36.8 Å². The third-order valence-electron chi connectivity index (χ3n) is 4.42.